The van der Waals surface area contributed by atoms with Crippen molar-refractivity contribution in [3.63, 3.8) is 0 Å². The summed E-state index contributed by atoms with van der Waals surface area (Å²) in [5.41, 5.74) is 3.93. The highest BCUT2D eigenvalue weighted by Gasteiger charge is 2.25. The largest absolute Gasteiger partial charge is 0.379 e. The van der Waals surface area contributed by atoms with E-state index in [1.807, 2.05) is 11.8 Å². The van der Waals surface area contributed by atoms with Crippen molar-refractivity contribution in [3.05, 3.63) is 41.2 Å². The Bertz CT molecular complexity index is 983. The summed E-state index contributed by atoms with van der Waals surface area (Å²) in [4.78, 5) is 22.6. The van der Waals surface area contributed by atoms with Crippen LogP contribution >= 0.6 is 11.3 Å². The van der Waals surface area contributed by atoms with E-state index in [4.69, 9.17) is 9.72 Å². The number of carbonyl (C=O) groups excluding carboxylic acids is 1. The number of benzene rings is 1. The number of fused-ring (bicyclic) bond motifs is 1. The first-order valence-electron chi connectivity index (χ1n) is 10.6. The van der Waals surface area contributed by atoms with E-state index in [9.17, 15) is 4.79 Å². The van der Waals surface area contributed by atoms with E-state index in [-0.39, 0.29) is 5.91 Å². The second kappa shape index (κ2) is 9.24. The van der Waals surface area contributed by atoms with Crippen molar-refractivity contribution in [2.24, 2.45) is 0 Å². The number of hydrogen-bond donors (Lipinski definition) is 0. The fourth-order valence-electron chi connectivity index (χ4n) is 3.83. The van der Waals surface area contributed by atoms with Gasteiger partial charge in [0.2, 0.25) is 0 Å². The average Bonchev–Trinajstić information content (AvgIpc) is 3.42. The topological polar surface area (TPSA) is 63.5 Å². The van der Waals surface area contributed by atoms with Crippen molar-refractivity contribution in [2.75, 3.05) is 44.3 Å². The maximum Gasteiger partial charge on any atom is 0.278 e. The van der Waals surface area contributed by atoms with Gasteiger partial charge in [0.25, 0.3) is 5.91 Å². The fourth-order valence-corrected chi connectivity index (χ4v) is 4.97. The van der Waals surface area contributed by atoms with Crippen LogP contribution in [0.2, 0.25) is 0 Å². The SMILES string of the molecule is CCn1nccc1C(=O)N(CCCN1CCOCC1)c1nc2c(C)ccc(C)c2s1. The fraction of sp³-hybridized carbons (Fsp3) is 0.500. The highest BCUT2D eigenvalue weighted by Crippen LogP contribution is 2.33. The number of nitrogens with zero attached hydrogens (tertiary/aromatic N) is 5. The van der Waals surface area contributed by atoms with Crippen LogP contribution in [0.1, 0.15) is 35.0 Å². The molecule has 0 atom stereocenters. The molecule has 0 unspecified atom stereocenters. The quantitative estimate of drug-likeness (QED) is 0.577. The van der Waals surface area contributed by atoms with Crippen molar-refractivity contribution in [1.82, 2.24) is 19.7 Å². The number of amides is 1. The van der Waals surface area contributed by atoms with Gasteiger partial charge in [-0.05, 0) is 44.4 Å². The minimum atomic E-state index is -0.0364. The molecule has 3 heterocycles. The van der Waals surface area contributed by atoms with Crippen LogP contribution in [0, 0.1) is 13.8 Å². The smallest absolute Gasteiger partial charge is 0.278 e. The maximum atomic E-state index is 13.5. The van der Waals surface area contributed by atoms with E-state index in [1.165, 1.54) is 5.56 Å². The molecule has 7 nitrogen and oxygen atoms in total. The lowest BCUT2D eigenvalue weighted by Crippen LogP contribution is -2.39. The van der Waals surface area contributed by atoms with Crippen LogP contribution in [0.15, 0.2) is 24.4 Å². The van der Waals surface area contributed by atoms with Crippen molar-refractivity contribution >= 4 is 32.6 Å². The molecule has 4 rings (SSSR count). The molecule has 0 aliphatic carbocycles. The van der Waals surface area contributed by atoms with Gasteiger partial charge in [-0.3, -0.25) is 19.3 Å². The molecule has 1 aromatic carbocycles. The van der Waals surface area contributed by atoms with Gasteiger partial charge < -0.3 is 4.74 Å². The Kier molecular flexibility index (Phi) is 6.46. The van der Waals surface area contributed by atoms with Gasteiger partial charge in [0.05, 0.1) is 23.4 Å². The molecule has 30 heavy (non-hydrogen) atoms. The molecule has 0 N–H and O–H groups in total. The number of morpholine rings is 1. The van der Waals surface area contributed by atoms with E-state index >= 15 is 0 Å². The molecule has 160 valence electrons. The summed E-state index contributed by atoms with van der Waals surface area (Å²) in [6.45, 7) is 11.9. The predicted octanol–water partition coefficient (Wildman–Crippen LogP) is 3.50. The van der Waals surface area contributed by atoms with Crippen LogP contribution in [0.5, 0.6) is 0 Å². The van der Waals surface area contributed by atoms with E-state index < -0.39 is 0 Å². The van der Waals surface area contributed by atoms with Crippen molar-refractivity contribution in [2.45, 2.75) is 33.7 Å². The number of thiazole rings is 1. The Balaban J connectivity index is 1.62. The van der Waals surface area contributed by atoms with Crippen LogP contribution in [0.25, 0.3) is 10.2 Å². The first-order valence-corrected chi connectivity index (χ1v) is 11.4. The van der Waals surface area contributed by atoms with Gasteiger partial charge in [0.1, 0.15) is 5.69 Å². The molecule has 0 bridgehead atoms. The molecule has 0 spiro atoms. The van der Waals surface area contributed by atoms with Gasteiger partial charge in [-0.2, -0.15) is 5.10 Å². The molecule has 1 aliphatic heterocycles. The van der Waals surface area contributed by atoms with Crippen LogP contribution < -0.4 is 4.90 Å². The zero-order valence-corrected chi connectivity index (χ0v) is 18.7. The number of carbonyl (C=O) groups is 1. The number of anilines is 1. The summed E-state index contributed by atoms with van der Waals surface area (Å²) in [6.07, 6.45) is 2.58. The first-order chi connectivity index (χ1) is 14.6. The van der Waals surface area contributed by atoms with Gasteiger partial charge in [-0.25, -0.2) is 4.98 Å². The number of ether oxygens (including phenoxy) is 1. The average molecular weight is 428 g/mol. The zero-order chi connectivity index (χ0) is 21.1. The van der Waals surface area contributed by atoms with Gasteiger partial charge in [0, 0.05) is 38.9 Å². The molecule has 1 amide bonds. The van der Waals surface area contributed by atoms with E-state index in [1.54, 1.807) is 28.3 Å². The molecule has 1 aliphatic rings. The minimum Gasteiger partial charge on any atom is -0.379 e. The zero-order valence-electron chi connectivity index (χ0n) is 17.9. The molecule has 8 heteroatoms. The monoisotopic (exact) mass is 427 g/mol. The van der Waals surface area contributed by atoms with Crippen LogP contribution in [0.4, 0.5) is 5.13 Å². The summed E-state index contributed by atoms with van der Waals surface area (Å²) in [6, 6.07) is 6.01. The second-order valence-electron chi connectivity index (χ2n) is 7.67. The van der Waals surface area contributed by atoms with Gasteiger partial charge in [-0.1, -0.05) is 23.5 Å². The normalized spacial score (nSPS) is 15.0. The lowest BCUT2D eigenvalue weighted by molar-refractivity contribution is 0.0376. The molecule has 1 saturated heterocycles. The molecule has 2 aromatic heterocycles. The summed E-state index contributed by atoms with van der Waals surface area (Å²) < 4.78 is 8.34. The molecule has 3 aromatic rings. The Morgan fingerprint density at radius 2 is 1.97 bits per heavy atom. The number of hydrogen-bond acceptors (Lipinski definition) is 6. The van der Waals surface area contributed by atoms with E-state index in [0.717, 1.165) is 60.2 Å². The number of aryl methyl sites for hydroxylation is 3. The third-order valence-electron chi connectivity index (χ3n) is 5.60. The van der Waals surface area contributed by atoms with Crippen LogP contribution in [-0.2, 0) is 11.3 Å². The Labute approximate surface area is 181 Å². The van der Waals surface area contributed by atoms with Crippen molar-refractivity contribution in [3.8, 4) is 0 Å². The summed E-state index contributed by atoms with van der Waals surface area (Å²) in [7, 11) is 0. The third kappa shape index (κ3) is 4.26. The molecule has 0 saturated carbocycles. The van der Waals surface area contributed by atoms with E-state index in [2.05, 4.69) is 36.0 Å². The predicted molar refractivity (Wildman–Crippen MR) is 121 cm³/mol. The van der Waals surface area contributed by atoms with Gasteiger partial charge >= 0.3 is 0 Å². The van der Waals surface area contributed by atoms with Crippen LogP contribution in [0.3, 0.4) is 0 Å². The van der Waals surface area contributed by atoms with Gasteiger partial charge in [-0.15, -0.1) is 0 Å². The Morgan fingerprint density at radius 1 is 1.20 bits per heavy atom. The molecular weight excluding hydrogens is 398 g/mol. The number of aromatic nitrogens is 3. The molecule has 1 fully saturated rings. The summed E-state index contributed by atoms with van der Waals surface area (Å²) in [5, 5.41) is 5.05. The first kappa shape index (κ1) is 21.0. The van der Waals surface area contributed by atoms with Crippen LogP contribution in [-0.4, -0.2) is 65.0 Å². The standard InChI is InChI=1S/C22H29N5O2S/c1-4-27-18(8-9-23-27)21(28)26(11-5-10-25-12-14-29-15-13-25)22-24-19-16(2)6-7-17(3)20(19)30-22/h6-9H,4-5,10-15H2,1-3H3. The van der Waals surface area contributed by atoms with Gasteiger partial charge in [0.15, 0.2) is 5.13 Å². The highest BCUT2D eigenvalue weighted by molar-refractivity contribution is 7.22. The highest BCUT2D eigenvalue weighted by atomic mass is 32.1. The minimum absolute atomic E-state index is 0.0364. The Morgan fingerprint density at radius 3 is 2.70 bits per heavy atom. The lowest BCUT2D eigenvalue weighted by Gasteiger charge is -2.27. The van der Waals surface area contributed by atoms with Crippen molar-refractivity contribution in [1.29, 1.82) is 0 Å². The third-order valence-corrected chi connectivity index (χ3v) is 6.82. The number of rotatable bonds is 7. The summed E-state index contributed by atoms with van der Waals surface area (Å²) in [5.74, 6) is -0.0364. The molecular formula is C22H29N5O2S. The maximum absolute atomic E-state index is 13.5. The summed E-state index contributed by atoms with van der Waals surface area (Å²) >= 11 is 1.60. The Hall–Kier alpha value is -2.29. The van der Waals surface area contributed by atoms with Crippen molar-refractivity contribution < 1.29 is 9.53 Å². The lowest BCUT2D eigenvalue weighted by atomic mass is 10.1. The van der Waals surface area contributed by atoms with E-state index in [0.29, 0.717) is 18.8 Å². The second-order valence-corrected chi connectivity index (χ2v) is 8.65. The molecule has 0 radical (unpaired) electrons.